The van der Waals surface area contributed by atoms with Gasteiger partial charge in [-0.15, -0.1) is 0 Å². The molecule has 0 aliphatic heterocycles. The Hall–Kier alpha value is -2.27. The topological polar surface area (TPSA) is 64.3 Å². The summed E-state index contributed by atoms with van der Waals surface area (Å²) >= 11 is 5.89. The predicted octanol–water partition coefficient (Wildman–Crippen LogP) is 3.25. The van der Waals surface area contributed by atoms with Gasteiger partial charge in [-0.25, -0.2) is 4.39 Å². The van der Waals surface area contributed by atoms with E-state index >= 15 is 0 Å². The maximum absolute atomic E-state index is 13.6. The molecule has 0 atom stereocenters. The number of amides is 1. The molecule has 0 aliphatic rings. The molecule has 0 saturated heterocycles. The van der Waals surface area contributed by atoms with Gasteiger partial charge in [0.15, 0.2) is 0 Å². The zero-order valence-corrected chi connectivity index (χ0v) is 12.1. The molecule has 110 valence electrons. The summed E-state index contributed by atoms with van der Waals surface area (Å²) in [7, 11) is 1.52. The van der Waals surface area contributed by atoms with Crippen LogP contribution in [0.5, 0.6) is 5.75 Å². The molecule has 0 fully saturated rings. The Morgan fingerprint density at radius 3 is 2.76 bits per heavy atom. The lowest BCUT2D eigenvalue weighted by atomic mass is 10.1. The second kappa shape index (κ2) is 6.45. The standard InChI is InChI=1S/C15H14ClFN2O2/c1-21-9-5-6-14(13(18)7-9)19-15(20)8-10-11(16)3-2-4-12(10)17/h2-7H,8,18H2,1H3,(H,19,20). The van der Waals surface area contributed by atoms with Crippen molar-refractivity contribution in [3.63, 3.8) is 0 Å². The second-order valence-corrected chi connectivity index (χ2v) is 4.79. The molecule has 0 aromatic heterocycles. The molecule has 0 radical (unpaired) electrons. The lowest BCUT2D eigenvalue weighted by Crippen LogP contribution is -2.16. The fourth-order valence-electron chi connectivity index (χ4n) is 1.84. The molecule has 0 heterocycles. The van der Waals surface area contributed by atoms with Crippen molar-refractivity contribution in [3.05, 3.63) is 52.8 Å². The average Bonchev–Trinajstić information content (AvgIpc) is 2.45. The van der Waals surface area contributed by atoms with Crippen LogP contribution in [0.25, 0.3) is 0 Å². The fraction of sp³-hybridized carbons (Fsp3) is 0.133. The van der Waals surface area contributed by atoms with E-state index in [1.54, 1.807) is 18.2 Å². The van der Waals surface area contributed by atoms with E-state index in [-0.39, 0.29) is 17.0 Å². The maximum Gasteiger partial charge on any atom is 0.229 e. The number of nitrogen functional groups attached to an aromatic ring is 1. The Balaban J connectivity index is 2.12. The van der Waals surface area contributed by atoms with Crippen LogP contribution >= 0.6 is 11.6 Å². The highest BCUT2D eigenvalue weighted by molar-refractivity contribution is 6.31. The molecule has 2 aromatic rings. The Labute approximate surface area is 126 Å². The normalized spacial score (nSPS) is 10.2. The third kappa shape index (κ3) is 3.64. The third-order valence-corrected chi connectivity index (χ3v) is 3.29. The molecule has 1 amide bonds. The van der Waals surface area contributed by atoms with Crippen LogP contribution in [-0.2, 0) is 11.2 Å². The molecule has 2 rings (SSSR count). The quantitative estimate of drug-likeness (QED) is 0.852. The Morgan fingerprint density at radius 2 is 2.14 bits per heavy atom. The summed E-state index contributed by atoms with van der Waals surface area (Å²) in [4.78, 5) is 12.0. The van der Waals surface area contributed by atoms with Gasteiger partial charge in [0.2, 0.25) is 5.91 Å². The number of anilines is 2. The Bertz CT molecular complexity index is 656. The zero-order valence-electron chi connectivity index (χ0n) is 11.3. The summed E-state index contributed by atoms with van der Waals surface area (Å²) in [5.41, 5.74) is 6.76. The van der Waals surface area contributed by atoms with Crippen molar-refractivity contribution in [2.45, 2.75) is 6.42 Å². The van der Waals surface area contributed by atoms with Gasteiger partial charge in [-0.2, -0.15) is 0 Å². The lowest BCUT2D eigenvalue weighted by Gasteiger charge is -2.10. The molecular weight excluding hydrogens is 295 g/mol. The monoisotopic (exact) mass is 308 g/mol. The maximum atomic E-state index is 13.6. The smallest absolute Gasteiger partial charge is 0.229 e. The van der Waals surface area contributed by atoms with Crippen molar-refractivity contribution in [3.8, 4) is 5.75 Å². The highest BCUT2D eigenvalue weighted by atomic mass is 35.5. The van der Waals surface area contributed by atoms with Crippen molar-refractivity contribution in [2.24, 2.45) is 0 Å². The Morgan fingerprint density at radius 1 is 1.38 bits per heavy atom. The van der Waals surface area contributed by atoms with Crippen LogP contribution in [0.3, 0.4) is 0 Å². The van der Waals surface area contributed by atoms with E-state index < -0.39 is 11.7 Å². The van der Waals surface area contributed by atoms with Crippen molar-refractivity contribution >= 4 is 28.9 Å². The fourth-order valence-corrected chi connectivity index (χ4v) is 2.07. The van der Waals surface area contributed by atoms with Gasteiger partial charge in [0.05, 0.1) is 24.9 Å². The number of hydrogen-bond acceptors (Lipinski definition) is 3. The second-order valence-electron chi connectivity index (χ2n) is 4.38. The first kappa shape index (κ1) is 15.1. The van der Waals surface area contributed by atoms with Crippen molar-refractivity contribution < 1.29 is 13.9 Å². The van der Waals surface area contributed by atoms with Crippen molar-refractivity contribution in [1.82, 2.24) is 0 Å². The number of hydrogen-bond donors (Lipinski definition) is 2. The van der Waals surface area contributed by atoms with Gasteiger partial charge in [0, 0.05) is 16.7 Å². The molecular formula is C15H14ClFN2O2. The molecule has 0 spiro atoms. The third-order valence-electron chi connectivity index (χ3n) is 2.93. The number of carbonyl (C=O) groups excluding carboxylic acids is 1. The van der Waals surface area contributed by atoms with Gasteiger partial charge in [0.1, 0.15) is 11.6 Å². The van der Waals surface area contributed by atoms with Gasteiger partial charge in [-0.05, 0) is 24.3 Å². The summed E-state index contributed by atoms with van der Waals surface area (Å²) < 4.78 is 18.6. The van der Waals surface area contributed by atoms with Crippen LogP contribution in [0.15, 0.2) is 36.4 Å². The lowest BCUT2D eigenvalue weighted by molar-refractivity contribution is -0.115. The molecule has 0 bridgehead atoms. The SMILES string of the molecule is COc1ccc(NC(=O)Cc2c(F)cccc2Cl)c(N)c1. The molecule has 6 heteroatoms. The van der Waals surface area contributed by atoms with Gasteiger partial charge in [-0.1, -0.05) is 17.7 Å². The minimum atomic E-state index is -0.514. The highest BCUT2D eigenvalue weighted by Crippen LogP contribution is 2.25. The summed E-state index contributed by atoms with van der Waals surface area (Å²) in [5, 5.41) is 2.84. The van der Waals surface area contributed by atoms with Crippen LogP contribution in [0.2, 0.25) is 5.02 Å². The van der Waals surface area contributed by atoms with E-state index in [1.165, 1.54) is 25.3 Å². The summed E-state index contributed by atoms with van der Waals surface area (Å²) in [6.07, 6.45) is -0.170. The van der Waals surface area contributed by atoms with Crippen LogP contribution in [0.1, 0.15) is 5.56 Å². The number of nitrogens with two attached hydrogens (primary N) is 1. The minimum absolute atomic E-state index is 0.156. The first-order valence-electron chi connectivity index (χ1n) is 6.17. The summed E-state index contributed by atoms with van der Waals surface area (Å²) in [5.74, 6) is -0.332. The van der Waals surface area contributed by atoms with E-state index in [9.17, 15) is 9.18 Å². The van der Waals surface area contributed by atoms with E-state index in [0.717, 1.165) is 0 Å². The predicted molar refractivity (Wildman–Crippen MR) is 81.2 cm³/mol. The van der Waals surface area contributed by atoms with Crippen LogP contribution < -0.4 is 15.8 Å². The van der Waals surface area contributed by atoms with E-state index in [2.05, 4.69) is 5.32 Å². The van der Waals surface area contributed by atoms with E-state index in [1.807, 2.05) is 0 Å². The van der Waals surface area contributed by atoms with Crippen LogP contribution in [0, 0.1) is 5.82 Å². The highest BCUT2D eigenvalue weighted by Gasteiger charge is 2.13. The minimum Gasteiger partial charge on any atom is -0.497 e. The summed E-state index contributed by atoms with van der Waals surface area (Å²) in [6, 6.07) is 9.16. The van der Waals surface area contributed by atoms with Crippen LogP contribution in [0.4, 0.5) is 15.8 Å². The molecule has 2 aromatic carbocycles. The van der Waals surface area contributed by atoms with E-state index in [4.69, 9.17) is 22.1 Å². The van der Waals surface area contributed by atoms with Gasteiger partial charge in [0.25, 0.3) is 0 Å². The molecule has 0 aliphatic carbocycles. The van der Waals surface area contributed by atoms with Gasteiger partial charge < -0.3 is 15.8 Å². The van der Waals surface area contributed by atoms with Gasteiger partial charge in [-0.3, -0.25) is 4.79 Å². The number of ether oxygens (including phenoxy) is 1. The number of methoxy groups -OCH3 is 1. The number of halogens is 2. The molecule has 4 nitrogen and oxygen atoms in total. The first-order valence-corrected chi connectivity index (χ1v) is 6.55. The first-order chi connectivity index (χ1) is 10.0. The van der Waals surface area contributed by atoms with Gasteiger partial charge >= 0.3 is 0 Å². The van der Waals surface area contributed by atoms with Crippen molar-refractivity contribution in [1.29, 1.82) is 0 Å². The number of nitrogens with one attached hydrogen (secondary N) is 1. The summed E-state index contributed by atoms with van der Waals surface area (Å²) in [6.45, 7) is 0. The Kier molecular flexibility index (Phi) is 4.65. The molecule has 0 saturated carbocycles. The molecule has 3 N–H and O–H groups in total. The number of benzene rings is 2. The zero-order chi connectivity index (χ0) is 15.4. The molecule has 21 heavy (non-hydrogen) atoms. The van der Waals surface area contributed by atoms with Crippen molar-refractivity contribution in [2.75, 3.05) is 18.2 Å². The number of carbonyl (C=O) groups is 1. The van der Waals surface area contributed by atoms with Crippen LogP contribution in [-0.4, -0.2) is 13.0 Å². The average molecular weight is 309 g/mol. The van der Waals surface area contributed by atoms with E-state index in [0.29, 0.717) is 17.1 Å². The molecule has 0 unspecified atom stereocenters. The number of rotatable bonds is 4. The largest absolute Gasteiger partial charge is 0.497 e.